The van der Waals surface area contributed by atoms with Gasteiger partial charge in [-0.25, -0.2) is 9.97 Å². The first kappa shape index (κ1) is 8.95. The van der Waals surface area contributed by atoms with Crippen molar-refractivity contribution in [3.8, 4) is 6.07 Å². The number of aromatic nitrogens is 2. The Bertz CT molecular complexity index is 376. The number of hydrogen-bond acceptors (Lipinski definition) is 4. The number of rotatable bonds is 2. The monoisotopic (exact) mass is 188 g/mol. The molecule has 0 amide bonds. The zero-order chi connectivity index (χ0) is 9.97. The molecule has 1 aromatic heterocycles. The molecule has 0 spiro atoms. The summed E-state index contributed by atoms with van der Waals surface area (Å²) < 4.78 is 0. The molecule has 0 unspecified atom stereocenters. The number of nitriles is 1. The first-order chi connectivity index (χ1) is 6.83. The van der Waals surface area contributed by atoms with Gasteiger partial charge in [0.15, 0.2) is 0 Å². The number of hydrogen-bond donors (Lipinski definition) is 0. The van der Waals surface area contributed by atoms with Gasteiger partial charge >= 0.3 is 0 Å². The van der Waals surface area contributed by atoms with Crippen LogP contribution in [0, 0.1) is 11.3 Å². The summed E-state index contributed by atoms with van der Waals surface area (Å²) in [6, 6.07) is 3.83. The quantitative estimate of drug-likeness (QED) is 0.698. The van der Waals surface area contributed by atoms with Gasteiger partial charge in [-0.3, -0.25) is 0 Å². The van der Waals surface area contributed by atoms with Gasteiger partial charge in [-0.05, 0) is 6.42 Å². The Balaban J connectivity index is 2.34. The first-order valence-electron chi connectivity index (χ1n) is 4.86. The predicted octanol–water partition coefficient (Wildman–Crippen LogP) is 1.12. The summed E-state index contributed by atoms with van der Waals surface area (Å²) in [4.78, 5) is 10.7. The standard InChI is InChI=1S/C10H12N4/c1-2-9-12-8(7-11)6-10(13-9)14-4-3-5-14/h6H,2-5H2,1H3. The van der Waals surface area contributed by atoms with Gasteiger partial charge in [0.05, 0.1) is 0 Å². The zero-order valence-corrected chi connectivity index (χ0v) is 8.19. The molecule has 14 heavy (non-hydrogen) atoms. The highest BCUT2D eigenvalue weighted by Crippen LogP contribution is 2.18. The molecule has 2 rings (SSSR count). The van der Waals surface area contributed by atoms with Crippen LogP contribution in [0.1, 0.15) is 24.9 Å². The molecule has 0 bridgehead atoms. The van der Waals surface area contributed by atoms with Crippen LogP contribution in [-0.2, 0) is 6.42 Å². The molecule has 4 heteroatoms. The van der Waals surface area contributed by atoms with Crippen molar-refractivity contribution >= 4 is 5.82 Å². The van der Waals surface area contributed by atoms with Gasteiger partial charge in [-0.2, -0.15) is 5.26 Å². The third-order valence-electron chi connectivity index (χ3n) is 2.37. The largest absolute Gasteiger partial charge is 0.356 e. The summed E-state index contributed by atoms with van der Waals surface area (Å²) in [5.74, 6) is 1.66. The lowest BCUT2D eigenvalue weighted by Gasteiger charge is -2.32. The molecule has 0 atom stereocenters. The Morgan fingerprint density at radius 2 is 2.29 bits per heavy atom. The Morgan fingerprint density at radius 3 is 2.79 bits per heavy atom. The van der Waals surface area contributed by atoms with Crippen LogP contribution in [0.5, 0.6) is 0 Å². The zero-order valence-electron chi connectivity index (χ0n) is 8.19. The van der Waals surface area contributed by atoms with E-state index in [0.717, 1.165) is 31.2 Å². The molecule has 0 radical (unpaired) electrons. The molecular formula is C10H12N4. The average molecular weight is 188 g/mol. The average Bonchev–Trinajstić information content (AvgIpc) is 2.14. The maximum atomic E-state index is 8.80. The molecule has 72 valence electrons. The van der Waals surface area contributed by atoms with E-state index in [1.54, 1.807) is 6.07 Å². The topological polar surface area (TPSA) is 52.8 Å². The van der Waals surface area contributed by atoms with Crippen molar-refractivity contribution in [3.05, 3.63) is 17.6 Å². The van der Waals surface area contributed by atoms with E-state index in [0.29, 0.717) is 5.69 Å². The van der Waals surface area contributed by atoms with E-state index in [9.17, 15) is 0 Å². The number of nitrogens with zero attached hydrogens (tertiary/aromatic N) is 4. The highest BCUT2D eigenvalue weighted by atomic mass is 15.2. The maximum absolute atomic E-state index is 8.80. The van der Waals surface area contributed by atoms with Crippen molar-refractivity contribution in [1.82, 2.24) is 9.97 Å². The van der Waals surface area contributed by atoms with E-state index < -0.39 is 0 Å². The summed E-state index contributed by atoms with van der Waals surface area (Å²) in [6.45, 7) is 4.09. The molecule has 0 aromatic carbocycles. The molecule has 1 saturated heterocycles. The fourth-order valence-electron chi connectivity index (χ4n) is 1.41. The van der Waals surface area contributed by atoms with Crippen LogP contribution in [0.15, 0.2) is 6.07 Å². The molecule has 2 heterocycles. The van der Waals surface area contributed by atoms with Gasteiger partial charge in [-0.15, -0.1) is 0 Å². The molecule has 0 N–H and O–H groups in total. The van der Waals surface area contributed by atoms with Gasteiger partial charge in [0.2, 0.25) is 0 Å². The van der Waals surface area contributed by atoms with Crippen LogP contribution < -0.4 is 4.90 Å². The van der Waals surface area contributed by atoms with E-state index in [2.05, 4.69) is 20.9 Å². The molecule has 0 aliphatic carbocycles. The lowest BCUT2D eigenvalue weighted by Crippen LogP contribution is -2.37. The minimum Gasteiger partial charge on any atom is -0.356 e. The predicted molar refractivity (Wildman–Crippen MR) is 53.0 cm³/mol. The lowest BCUT2D eigenvalue weighted by atomic mass is 10.2. The minimum absolute atomic E-state index is 0.471. The van der Waals surface area contributed by atoms with E-state index >= 15 is 0 Å². The molecule has 1 fully saturated rings. The Morgan fingerprint density at radius 1 is 1.50 bits per heavy atom. The van der Waals surface area contributed by atoms with Gasteiger partial charge in [0.1, 0.15) is 23.4 Å². The summed E-state index contributed by atoms with van der Waals surface area (Å²) >= 11 is 0. The summed E-state index contributed by atoms with van der Waals surface area (Å²) in [5.41, 5.74) is 0.471. The summed E-state index contributed by atoms with van der Waals surface area (Å²) in [5, 5.41) is 8.80. The van der Waals surface area contributed by atoms with Crippen molar-refractivity contribution < 1.29 is 0 Å². The highest BCUT2D eigenvalue weighted by Gasteiger charge is 2.17. The maximum Gasteiger partial charge on any atom is 0.146 e. The smallest absolute Gasteiger partial charge is 0.146 e. The SMILES string of the molecule is CCc1nc(C#N)cc(N2CCC2)n1. The van der Waals surface area contributed by atoms with Gasteiger partial charge in [0, 0.05) is 25.6 Å². The van der Waals surface area contributed by atoms with Crippen molar-refractivity contribution in [2.24, 2.45) is 0 Å². The molecule has 1 aliphatic rings. The third kappa shape index (κ3) is 1.53. The highest BCUT2D eigenvalue weighted by molar-refractivity contribution is 5.44. The summed E-state index contributed by atoms with van der Waals surface area (Å²) in [6.07, 6.45) is 1.99. The second kappa shape index (κ2) is 3.62. The Labute approximate surface area is 83.2 Å². The Kier molecular flexibility index (Phi) is 2.32. The summed E-state index contributed by atoms with van der Waals surface area (Å²) in [7, 11) is 0. The normalized spacial score (nSPS) is 14.7. The molecule has 1 aliphatic heterocycles. The van der Waals surface area contributed by atoms with Crippen molar-refractivity contribution in [3.63, 3.8) is 0 Å². The lowest BCUT2D eigenvalue weighted by molar-refractivity contribution is 0.606. The van der Waals surface area contributed by atoms with Gasteiger partial charge in [0.25, 0.3) is 0 Å². The van der Waals surface area contributed by atoms with Crippen molar-refractivity contribution in [1.29, 1.82) is 5.26 Å². The molecule has 4 nitrogen and oxygen atoms in total. The first-order valence-corrected chi connectivity index (χ1v) is 4.86. The van der Waals surface area contributed by atoms with E-state index in [1.165, 1.54) is 6.42 Å². The third-order valence-corrected chi connectivity index (χ3v) is 2.37. The molecular weight excluding hydrogens is 176 g/mol. The molecule has 1 aromatic rings. The Hall–Kier alpha value is -1.63. The van der Waals surface area contributed by atoms with Crippen LogP contribution in [-0.4, -0.2) is 23.1 Å². The number of aryl methyl sites for hydroxylation is 1. The fourth-order valence-corrected chi connectivity index (χ4v) is 1.41. The van der Waals surface area contributed by atoms with Crippen molar-refractivity contribution in [2.45, 2.75) is 19.8 Å². The van der Waals surface area contributed by atoms with Crippen LogP contribution in [0.3, 0.4) is 0 Å². The van der Waals surface area contributed by atoms with E-state index in [1.807, 2.05) is 6.92 Å². The van der Waals surface area contributed by atoms with Crippen LogP contribution in [0.4, 0.5) is 5.82 Å². The van der Waals surface area contributed by atoms with Crippen LogP contribution in [0.2, 0.25) is 0 Å². The van der Waals surface area contributed by atoms with Crippen molar-refractivity contribution in [2.75, 3.05) is 18.0 Å². The van der Waals surface area contributed by atoms with E-state index in [-0.39, 0.29) is 0 Å². The minimum atomic E-state index is 0.471. The number of anilines is 1. The second-order valence-electron chi connectivity index (χ2n) is 3.33. The molecule has 0 saturated carbocycles. The second-order valence-corrected chi connectivity index (χ2v) is 3.33. The van der Waals surface area contributed by atoms with Gasteiger partial charge < -0.3 is 4.90 Å². The van der Waals surface area contributed by atoms with Crippen LogP contribution in [0.25, 0.3) is 0 Å². The van der Waals surface area contributed by atoms with Gasteiger partial charge in [-0.1, -0.05) is 6.92 Å². The van der Waals surface area contributed by atoms with Crippen LogP contribution >= 0.6 is 0 Å². The fraction of sp³-hybridized carbons (Fsp3) is 0.500. The van der Waals surface area contributed by atoms with E-state index in [4.69, 9.17) is 5.26 Å².